The number of alkyl halides is 2. The first kappa shape index (κ1) is 16.7. The number of rotatable bonds is 5. The van der Waals surface area contributed by atoms with Crippen LogP contribution in [0.1, 0.15) is 18.5 Å². The third-order valence-electron chi connectivity index (χ3n) is 3.05. The molecule has 0 aromatic heterocycles. The highest BCUT2D eigenvalue weighted by Crippen LogP contribution is 2.21. The third-order valence-corrected chi connectivity index (χ3v) is 3.05. The zero-order valence-electron chi connectivity index (χ0n) is 12.2. The molecule has 122 valence electrons. The summed E-state index contributed by atoms with van der Waals surface area (Å²) in [7, 11) is 0. The lowest BCUT2D eigenvalue weighted by atomic mass is 10.1. The zero-order chi connectivity index (χ0) is 16.8. The van der Waals surface area contributed by atoms with Crippen LogP contribution in [0.5, 0.6) is 5.75 Å². The van der Waals surface area contributed by atoms with E-state index in [0.29, 0.717) is 5.56 Å². The summed E-state index contributed by atoms with van der Waals surface area (Å²) in [6, 6.07) is 10.7. The normalized spacial score (nSPS) is 11.9. The molecule has 0 fully saturated rings. The van der Waals surface area contributed by atoms with E-state index in [1.165, 1.54) is 30.3 Å². The molecule has 7 heteroatoms. The number of hydrogen-bond acceptors (Lipinski definition) is 2. The van der Waals surface area contributed by atoms with Gasteiger partial charge in [-0.1, -0.05) is 24.3 Å². The summed E-state index contributed by atoms with van der Waals surface area (Å²) >= 11 is 0. The van der Waals surface area contributed by atoms with E-state index < -0.39 is 24.5 Å². The van der Waals surface area contributed by atoms with Crippen molar-refractivity contribution in [3.63, 3.8) is 0 Å². The van der Waals surface area contributed by atoms with E-state index in [-0.39, 0.29) is 11.4 Å². The second kappa shape index (κ2) is 7.53. The minimum Gasteiger partial charge on any atom is -0.435 e. The topological polar surface area (TPSA) is 50.4 Å². The van der Waals surface area contributed by atoms with E-state index in [4.69, 9.17) is 0 Å². The molecule has 0 aliphatic heterocycles. The van der Waals surface area contributed by atoms with E-state index >= 15 is 0 Å². The number of ether oxygens (including phenoxy) is 1. The van der Waals surface area contributed by atoms with Crippen LogP contribution >= 0.6 is 0 Å². The molecule has 2 N–H and O–H groups in total. The Kier molecular flexibility index (Phi) is 5.46. The molecule has 2 rings (SSSR count). The van der Waals surface area contributed by atoms with Gasteiger partial charge in [0.2, 0.25) is 0 Å². The van der Waals surface area contributed by atoms with Crippen LogP contribution in [-0.2, 0) is 0 Å². The Balaban J connectivity index is 1.99. The molecule has 1 atom stereocenters. The van der Waals surface area contributed by atoms with Crippen LogP contribution < -0.4 is 15.4 Å². The SMILES string of the molecule is C[C@@H](NC(=O)Nc1ccccc1F)c1cccc(OC(F)F)c1. The Hall–Kier alpha value is -2.70. The van der Waals surface area contributed by atoms with Crippen LogP contribution in [0.15, 0.2) is 48.5 Å². The second-order valence-electron chi connectivity index (χ2n) is 4.75. The zero-order valence-corrected chi connectivity index (χ0v) is 12.2. The van der Waals surface area contributed by atoms with Gasteiger partial charge < -0.3 is 15.4 Å². The summed E-state index contributed by atoms with van der Waals surface area (Å²) in [6.45, 7) is -1.25. The maximum absolute atomic E-state index is 13.5. The van der Waals surface area contributed by atoms with Crippen molar-refractivity contribution in [3.8, 4) is 5.75 Å². The average molecular weight is 324 g/mol. The van der Waals surface area contributed by atoms with Crippen LogP contribution in [0.3, 0.4) is 0 Å². The lowest BCUT2D eigenvalue weighted by molar-refractivity contribution is -0.0499. The second-order valence-corrected chi connectivity index (χ2v) is 4.75. The summed E-state index contributed by atoms with van der Waals surface area (Å²) in [5, 5.41) is 4.97. The molecule has 2 aromatic rings. The minimum atomic E-state index is -2.92. The number of nitrogens with one attached hydrogen (secondary N) is 2. The lowest BCUT2D eigenvalue weighted by Crippen LogP contribution is -2.31. The maximum Gasteiger partial charge on any atom is 0.387 e. The first-order valence-electron chi connectivity index (χ1n) is 6.82. The van der Waals surface area contributed by atoms with Crippen LogP contribution in [0.2, 0.25) is 0 Å². The fourth-order valence-electron chi connectivity index (χ4n) is 1.96. The van der Waals surface area contributed by atoms with Crippen molar-refractivity contribution < 1.29 is 22.7 Å². The van der Waals surface area contributed by atoms with Gasteiger partial charge in [0.05, 0.1) is 11.7 Å². The first-order chi connectivity index (χ1) is 11.0. The number of anilines is 1. The number of carbonyl (C=O) groups is 1. The number of amides is 2. The molecule has 0 saturated heterocycles. The number of carbonyl (C=O) groups excluding carboxylic acids is 1. The van der Waals surface area contributed by atoms with Crippen molar-refractivity contribution in [1.29, 1.82) is 0 Å². The van der Waals surface area contributed by atoms with Crippen molar-refractivity contribution in [2.75, 3.05) is 5.32 Å². The van der Waals surface area contributed by atoms with Crippen molar-refractivity contribution in [2.24, 2.45) is 0 Å². The number of halogens is 3. The Morgan fingerprint density at radius 3 is 2.57 bits per heavy atom. The Morgan fingerprint density at radius 2 is 1.87 bits per heavy atom. The lowest BCUT2D eigenvalue weighted by Gasteiger charge is -2.16. The van der Waals surface area contributed by atoms with Crippen molar-refractivity contribution in [2.45, 2.75) is 19.6 Å². The summed E-state index contributed by atoms with van der Waals surface area (Å²) in [5.74, 6) is -0.553. The van der Waals surface area contributed by atoms with E-state index in [1.54, 1.807) is 25.1 Å². The molecule has 0 saturated carbocycles. The van der Waals surface area contributed by atoms with Crippen molar-refractivity contribution >= 4 is 11.7 Å². The summed E-state index contributed by atoms with van der Waals surface area (Å²) in [6.07, 6.45) is 0. The van der Waals surface area contributed by atoms with Gasteiger partial charge in [0.25, 0.3) is 0 Å². The van der Waals surface area contributed by atoms with Gasteiger partial charge in [0, 0.05) is 0 Å². The van der Waals surface area contributed by atoms with Crippen LogP contribution in [0, 0.1) is 5.82 Å². The quantitative estimate of drug-likeness (QED) is 0.861. The van der Waals surface area contributed by atoms with Crippen molar-refractivity contribution in [1.82, 2.24) is 5.32 Å². The van der Waals surface area contributed by atoms with Gasteiger partial charge in [0.1, 0.15) is 11.6 Å². The molecule has 2 aromatic carbocycles. The predicted molar refractivity (Wildman–Crippen MR) is 80.0 cm³/mol. The molecule has 0 radical (unpaired) electrons. The molecule has 0 bridgehead atoms. The molecule has 0 unspecified atom stereocenters. The Bertz CT molecular complexity index is 680. The molecule has 0 spiro atoms. The van der Waals surface area contributed by atoms with Gasteiger partial charge in [-0.3, -0.25) is 0 Å². The van der Waals surface area contributed by atoms with Gasteiger partial charge in [-0.15, -0.1) is 0 Å². The molecule has 0 aliphatic carbocycles. The van der Waals surface area contributed by atoms with E-state index in [0.717, 1.165) is 0 Å². The summed E-state index contributed by atoms with van der Waals surface area (Å²) in [5.41, 5.74) is 0.624. The molecule has 2 amide bonds. The standard InChI is InChI=1S/C16H15F3N2O2/c1-10(11-5-4-6-12(9-11)23-15(18)19)20-16(22)21-14-8-3-2-7-13(14)17/h2-10,15H,1H3,(H2,20,21,22)/t10-/m1/s1. The van der Waals surface area contributed by atoms with E-state index in [1.807, 2.05) is 0 Å². The average Bonchev–Trinajstić information content (AvgIpc) is 2.49. The Labute approximate surface area is 131 Å². The van der Waals surface area contributed by atoms with Crippen LogP contribution in [0.4, 0.5) is 23.7 Å². The maximum atomic E-state index is 13.5. The first-order valence-corrected chi connectivity index (χ1v) is 6.82. The summed E-state index contributed by atoms with van der Waals surface area (Å²) < 4.78 is 42.2. The molecule has 23 heavy (non-hydrogen) atoms. The Morgan fingerprint density at radius 1 is 1.13 bits per heavy atom. The molecule has 0 heterocycles. The molecule has 0 aliphatic rings. The fourth-order valence-corrected chi connectivity index (χ4v) is 1.96. The third kappa shape index (κ3) is 4.91. The highest BCUT2D eigenvalue weighted by Gasteiger charge is 2.13. The van der Waals surface area contributed by atoms with Crippen molar-refractivity contribution in [3.05, 3.63) is 59.9 Å². The van der Waals surface area contributed by atoms with Gasteiger partial charge >= 0.3 is 12.6 Å². The molecular weight excluding hydrogens is 309 g/mol. The smallest absolute Gasteiger partial charge is 0.387 e. The minimum absolute atomic E-state index is 0.000613. The number of benzene rings is 2. The van der Waals surface area contributed by atoms with Gasteiger partial charge in [0.15, 0.2) is 0 Å². The number of urea groups is 1. The van der Waals surface area contributed by atoms with Gasteiger partial charge in [-0.05, 0) is 36.8 Å². The molecular formula is C16H15F3N2O2. The molecule has 4 nitrogen and oxygen atoms in total. The monoisotopic (exact) mass is 324 g/mol. The number of hydrogen-bond donors (Lipinski definition) is 2. The highest BCUT2D eigenvalue weighted by atomic mass is 19.3. The largest absolute Gasteiger partial charge is 0.435 e. The number of para-hydroxylation sites is 1. The summed E-state index contributed by atoms with van der Waals surface area (Å²) in [4.78, 5) is 11.9. The van der Waals surface area contributed by atoms with E-state index in [2.05, 4.69) is 15.4 Å². The predicted octanol–water partition coefficient (Wildman–Crippen LogP) is 4.31. The van der Waals surface area contributed by atoms with Crippen LogP contribution in [-0.4, -0.2) is 12.6 Å². The van der Waals surface area contributed by atoms with E-state index in [9.17, 15) is 18.0 Å². The van der Waals surface area contributed by atoms with Gasteiger partial charge in [-0.25, -0.2) is 9.18 Å². The highest BCUT2D eigenvalue weighted by molar-refractivity contribution is 5.89. The van der Waals surface area contributed by atoms with Gasteiger partial charge in [-0.2, -0.15) is 8.78 Å². The van der Waals surface area contributed by atoms with Crippen LogP contribution in [0.25, 0.3) is 0 Å². The fraction of sp³-hybridized carbons (Fsp3) is 0.188.